The molecule has 1 saturated heterocycles. The second-order valence-electron chi connectivity index (χ2n) is 7.18. The van der Waals surface area contributed by atoms with Gasteiger partial charge in [0.2, 0.25) is 0 Å². The number of amides is 1. The van der Waals surface area contributed by atoms with Gasteiger partial charge in [0.25, 0.3) is 0 Å². The quantitative estimate of drug-likeness (QED) is 0.802. The lowest BCUT2D eigenvalue weighted by atomic mass is 9.98. The van der Waals surface area contributed by atoms with Crippen molar-refractivity contribution >= 4 is 33.4 Å². The number of nitrogens with zero attached hydrogens (tertiary/aromatic N) is 1. The van der Waals surface area contributed by atoms with E-state index in [1.54, 1.807) is 0 Å². The third-order valence-electron chi connectivity index (χ3n) is 3.81. The Kier molecular flexibility index (Phi) is 6.51. The molecule has 0 aromatic carbocycles. The molecule has 4 nitrogen and oxygen atoms in total. The maximum absolute atomic E-state index is 12.2. The van der Waals surface area contributed by atoms with E-state index >= 15 is 0 Å². The smallest absolute Gasteiger partial charge is 0.410 e. The molecule has 130 valence electrons. The zero-order valence-electron chi connectivity index (χ0n) is 14.4. The van der Waals surface area contributed by atoms with Crippen molar-refractivity contribution in [2.45, 2.75) is 52.7 Å². The van der Waals surface area contributed by atoms with E-state index in [4.69, 9.17) is 4.74 Å². The minimum Gasteiger partial charge on any atom is -0.444 e. The highest BCUT2D eigenvalue weighted by atomic mass is 79.9. The summed E-state index contributed by atoms with van der Waals surface area (Å²) in [5.74, 6) is 0.501. The number of piperidine rings is 1. The molecule has 2 rings (SSSR count). The van der Waals surface area contributed by atoms with Gasteiger partial charge in [0, 0.05) is 33.9 Å². The van der Waals surface area contributed by atoms with E-state index in [-0.39, 0.29) is 6.09 Å². The molecule has 1 unspecified atom stereocenters. The van der Waals surface area contributed by atoms with Crippen molar-refractivity contribution in [2.24, 2.45) is 5.92 Å². The lowest BCUT2D eigenvalue weighted by Crippen LogP contribution is -2.44. The molecule has 0 aliphatic carbocycles. The maximum Gasteiger partial charge on any atom is 0.410 e. The van der Waals surface area contributed by atoms with Gasteiger partial charge in [-0.25, -0.2) is 4.79 Å². The molecule has 1 aliphatic heterocycles. The number of carbonyl (C=O) groups excluding carboxylic acids is 1. The van der Waals surface area contributed by atoms with Crippen LogP contribution in [-0.2, 0) is 11.3 Å². The van der Waals surface area contributed by atoms with Crippen LogP contribution in [0.5, 0.6) is 0 Å². The van der Waals surface area contributed by atoms with E-state index in [1.165, 1.54) is 20.6 Å². The number of hydrogen-bond acceptors (Lipinski definition) is 4. The number of ether oxygens (including phenoxy) is 1. The van der Waals surface area contributed by atoms with Crippen molar-refractivity contribution in [3.63, 3.8) is 0 Å². The minimum atomic E-state index is -0.424. The normalized spacial score (nSPS) is 19.0. The van der Waals surface area contributed by atoms with Gasteiger partial charge in [-0.3, -0.25) is 0 Å². The fourth-order valence-corrected chi connectivity index (χ4v) is 4.30. The summed E-state index contributed by atoms with van der Waals surface area (Å²) < 4.78 is 6.67. The maximum atomic E-state index is 12.2. The van der Waals surface area contributed by atoms with Crippen LogP contribution in [0.4, 0.5) is 4.79 Å². The van der Waals surface area contributed by atoms with Crippen molar-refractivity contribution in [2.75, 3.05) is 19.6 Å². The molecule has 0 radical (unpaired) electrons. The van der Waals surface area contributed by atoms with Gasteiger partial charge in [-0.1, -0.05) is 0 Å². The Hall–Kier alpha value is -0.590. The monoisotopic (exact) mass is 402 g/mol. The lowest BCUT2D eigenvalue weighted by molar-refractivity contribution is 0.0166. The first-order valence-electron chi connectivity index (χ1n) is 8.18. The summed E-state index contributed by atoms with van der Waals surface area (Å²) in [5.41, 5.74) is -0.424. The third-order valence-corrected chi connectivity index (χ3v) is 5.95. The molecule has 0 spiro atoms. The van der Waals surface area contributed by atoms with Crippen LogP contribution in [0.3, 0.4) is 0 Å². The van der Waals surface area contributed by atoms with Crippen molar-refractivity contribution in [1.82, 2.24) is 10.2 Å². The third kappa shape index (κ3) is 6.08. The first-order valence-corrected chi connectivity index (χ1v) is 9.79. The van der Waals surface area contributed by atoms with E-state index < -0.39 is 5.60 Å². The standard InChI is InChI=1S/C17H27BrN2O2S/c1-12-15(18)8-14(23-12)10-19-9-13-6-5-7-20(11-13)16(21)22-17(2,3)4/h8,13,19H,5-7,9-11H2,1-4H3. The summed E-state index contributed by atoms with van der Waals surface area (Å²) in [6.45, 7) is 11.3. The summed E-state index contributed by atoms with van der Waals surface area (Å²) >= 11 is 5.38. The number of hydrogen-bond donors (Lipinski definition) is 1. The number of likely N-dealkylation sites (tertiary alicyclic amines) is 1. The van der Waals surface area contributed by atoms with Gasteiger partial charge in [-0.15, -0.1) is 11.3 Å². The topological polar surface area (TPSA) is 41.6 Å². The molecule has 1 aromatic rings. The van der Waals surface area contributed by atoms with Crippen LogP contribution in [0.15, 0.2) is 10.5 Å². The predicted octanol–water partition coefficient (Wildman–Crippen LogP) is 4.56. The van der Waals surface area contributed by atoms with Crippen LogP contribution < -0.4 is 5.32 Å². The van der Waals surface area contributed by atoms with Crippen molar-refractivity contribution < 1.29 is 9.53 Å². The molecule has 1 amide bonds. The molecule has 1 N–H and O–H groups in total. The van der Waals surface area contributed by atoms with Crippen molar-refractivity contribution in [3.05, 3.63) is 20.3 Å². The number of thiophene rings is 1. The minimum absolute atomic E-state index is 0.181. The summed E-state index contributed by atoms with van der Waals surface area (Å²) in [6, 6.07) is 2.18. The first-order chi connectivity index (χ1) is 10.7. The van der Waals surface area contributed by atoms with Gasteiger partial charge in [0.1, 0.15) is 5.60 Å². The van der Waals surface area contributed by atoms with Gasteiger partial charge in [0.05, 0.1) is 0 Å². The summed E-state index contributed by atoms with van der Waals surface area (Å²) in [4.78, 5) is 16.7. The van der Waals surface area contributed by atoms with E-state index in [0.29, 0.717) is 5.92 Å². The Morgan fingerprint density at radius 1 is 1.52 bits per heavy atom. The van der Waals surface area contributed by atoms with Crippen LogP contribution >= 0.6 is 27.3 Å². The van der Waals surface area contributed by atoms with Crippen LogP contribution in [0.25, 0.3) is 0 Å². The molecular weight excluding hydrogens is 376 g/mol. The average Bonchev–Trinajstić information content (AvgIpc) is 2.76. The van der Waals surface area contributed by atoms with Crippen LogP contribution in [0, 0.1) is 12.8 Å². The second kappa shape index (κ2) is 7.99. The number of aryl methyl sites for hydroxylation is 1. The Morgan fingerprint density at radius 2 is 2.26 bits per heavy atom. The number of rotatable bonds is 4. The summed E-state index contributed by atoms with van der Waals surface area (Å²) in [6.07, 6.45) is 2.04. The molecule has 1 atom stereocenters. The SMILES string of the molecule is Cc1sc(CNCC2CCCN(C(=O)OC(C)(C)C)C2)cc1Br. The van der Waals surface area contributed by atoms with Gasteiger partial charge < -0.3 is 15.0 Å². The molecule has 6 heteroatoms. The Bertz CT molecular complexity index is 520. The van der Waals surface area contributed by atoms with Gasteiger partial charge in [-0.05, 0) is 75.0 Å². The molecular formula is C17H27BrN2O2S. The number of carbonyl (C=O) groups is 1. The Morgan fingerprint density at radius 3 is 2.87 bits per heavy atom. The number of halogens is 1. The predicted molar refractivity (Wildman–Crippen MR) is 99.0 cm³/mol. The van der Waals surface area contributed by atoms with E-state index in [2.05, 4.69) is 34.2 Å². The van der Waals surface area contributed by atoms with Gasteiger partial charge in [-0.2, -0.15) is 0 Å². The van der Waals surface area contributed by atoms with Crippen molar-refractivity contribution in [1.29, 1.82) is 0 Å². The molecule has 23 heavy (non-hydrogen) atoms. The molecule has 2 heterocycles. The van der Waals surface area contributed by atoms with Gasteiger partial charge in [0.15, 0.2) is 0 Å². The van der Waals surface area contributed by atoms with Crippen molar-refractivity contribution in [3.8, 4) is 0 Å². The summed E-state index contributed by atoms with van der Waals surface area (Å²) in [5, 5.41) is 3.53. The molecule has 1 fully saturated rings. The van der Waals surface area contributed by atoms with Gasteiger partial charge >= 0.3 is 6.09 Å². The summed E-state index contributed by atoms with van der Waals surface area (Å²) in [7, 11) is 0. The molecule has 0 saturated carbocycles. The fraction of sp³-hybridized carbons (Fsp3) is 0.706. The molecule has 1 aromatic heterocycles. The fourth-order valence-electron chi connectivity index (χ4n) is 2.73. The molecule has 0 bridgehead atoms. The van der Waals surface area contributed by atoms with Crippen LogP contribution in [0.1, 0.15) is 43.4 Å². The average molecular weight is 403 g/mol. The highest BCUT2D eigenvalue weighted by molar-refractivity contribution is 9.10. The Labute approximate surface area is 151 Å². The van der Waals surface area contributed by atoms with Crippen LogP contribution in [0.2, 0.25) is 0 Å². The van der Waals surface area contributed by atoms with Crippen LogP contribution in [-0.4, -0.2) is 36.2 Å². The molecule has 1 aliphatic rings. The number of nitrogens with one attached hydrogen (secondary N) is 1. The Balaban J connectivity index is 1.76. The highest BCUT2D eigenvalue weighted by Gasteiger charge is 2.27. The largest absolute Gasteiger partial charge is 0.444 e. The lowest BCUT2D eigenvalue weighted by Gasteiger charge is -2.34. The zero-order valence-corrected chi connectivity index (χ0v) is 16.8. The first kappa shape index (κ1) is 18.7. The van der Waals surface area contributed by atoms with E-state index in [1.807, 2.05) is 37.0 Å². The zero-order chi connectivity index (χ0) is 17.0. The highest BCUT2D eigenvalue weighted by Crippen LogP contribution is 2.26. The van der Waals surface area contributed by atoms with E-state index in [9.17, 15) is 4.79 Å². The second-order valence-corrected chi connectivity index (χ2v) is 9.38. The van der Waals surface area contributed by atoms with E-state index in [0.717, 1.165) is 32.6 Å².